The SMILES string of the molecule is Cc1cc(CCC(=O)O)nc([C@@H]2CCCN2Cc2ccc(F)cc2)n1. The largest absolute Gasteiger partial charge is 0.481 e. The van der Waals surface area contributed by atoms with Gasteiger partial charge in [-0.3, -0.25) is 9.69 Å². The Morgan fingerprint density at radius 1 is 1.32 bits per heavy atom. The molecule has 5 nitrogen and oxygen atoms in total. The van der Waals surface area contributed by atoms with E-state index in [9.17, 15) is 9.18 Å². The number of hydrogen-bond donors (Lipinski definition) is 1. The van der Waals surface area contributed by atoms with Crippen LogP contribution in [-0.4, -0.2) is 32.5 Å². The molecule has 1 aromatic carbocycles. The minimum atomic E-state index is -0.823. The van der Waals surface area contributed by atoms with Crippen LogP contribution in [0, 0.1) is 12.7 Å². The first kappa shape index (κ1) is 17.5. The Balaban J connectivity index is 1.77. The molecule has 0 amide bonds. The summed E-state index contributed by atoms with van der Waals surface area (Å²) in [6.45, 7) is 3.59. The van der Waals surface area contributed by atoms with Gasteiger partial charge in [0.25, 0.3) is 0 Å². The number of rotatable bonds is 6. The van der Waals surface area contributed by atoms with Crippen molar-refractivity contribution in [2.45, 2.75) is 45.2 Å². The van der Waals surface area contributed by atoms with Gasteiger partial charge >= 0.3 is 5.97 Å². The van der Waals surface area contributed by atoms with Gasteiger partial charge in [-0.15, -0.1) is 0 Å². The average molecular weight is 343 g/mol. The molecule has 3 rings (SSSR count). The summed E-state index contributed by atoms with van der Waals surface area (Å²) in [7, 11) is 0. The van der Waals surface area contributed by atoms with Gasteiger partial charge in [0.05, 0.1) is 12.5 Å². The molecule has 6 heteroatoms. The van der Waals surface area contributed by atoms with Gasteiger partial charge in [0.1, 0.15) is 11.6 Å². The predicted octanol–water partition coefficient (Wildman–Crippen LogP) is 3.28. The van der Waals surface area contributed by atoms with Gasteiger partial charge in [-0.25, -0.2) is 14.4 Å². The van der Waals surface area contributed by atoms with Gasteiger partial charge < -0.3 is 5.11 Å². The van der Waals surface area contributed by atoms with Gasteiger partial charge in [0.2, 0.25) is 0 Å². The maximum atomic E-state index is 13.1. The number of halogens is 1. The fourth-order valence-electron chi connectivity index (χ4n) is 3.30. The summed E-state index contributed by atoms with van der Waals surface area (Å²) in [5, 5.41) is 8.87. The Morgan fingerprint density at radius 3 is 2.80 bits per heavy atom. The van der Waals surface area contributed by atoms with E-state index in [1.54, 1.807) is 12.1 Å². The monoisotopic (exact) mass is 343 g/mol. The highest BCUT2D eigenvalue weighted by atomic mass is 19.1. The minimum absolute atomic E-state index is 0.0693. The molecule has 132 valence electrons. The fourth-order valence-corrected chi connectivity index (χ4v) is 3.30. The van der Waals surface area contributed by atoms with Crippen LogP contribution in [0.25, 0.3) is 0 Å². The molecule has 0 unspecified atom stereocenters. The van der Waals surface area contributed by atoms with Crippen molar-refractivity contribution in [3.05, 3.63) is 58.9 Å². The van der Waals surface area contributed by atoms with Crippen LogP contribution < -0.4 is 0 Å². The molecule has 2 aromatic rings. The Morgan fingerprint density at radius 2 is 2.08 bits per heavy atom. The zero-order chi connectivity index (χ0) is 17.8. The van der Waals surface area contributed by atoms with E-state index in [0.717, 1.165) is 48.7 Å². The molecular weight excluding hydrogens is 321 g/mol. The Labute approximate surface area is 146 Å². The van der Waals surface area contributed by atoms with Crippen LogP contribution in [0.3, 0.4) is 0 Å². The van der Waals surface area contributed by atoms with E-state index >= 15 is 0 Å². The lowest BCUT2D eigenvalue weighted by Gasteiger charge is -2.24. The third kappa shape index (κ3) is 4.60. The van der Waals surface area contributed by atoms with Crippen LogP contribution in [0.5, 0.6) is 0 Å². The van der Waals surface area contributed by atoms with E-state index in [4.69, 9.17) is 5.11 Å². The molecule has 1 aliphatic rings. The Kier molecular flexibility index (Phi) is 5.38. The van der Waals surface area contributed by atoms with Crippen molar-refractivity contribution in [2.24, 2.45) is 0 Å². The summed E-state index contributed by atoms with van der Waals surface area (Å²) < 4.78 is 13.1. The van der Waals surface area contributed by atoms with Crippen molar-refractivity contribution < 1.29 is 14.3 Å². The van der Waals surface area contributed by atoms with Crippen molar-refractivity contribution in [3.63, 3.8) is 0 Å². The number of aliphatic carboxylic acids is 1. The van der Waals surface area contributed by atoms with Gasteiger partial charge in [0, 0.05) is 24.4 Å². The van der Waals surface area contributed by atoms with Crippen LogP contribution in [0.4, 0.5) is 4.39 Å². The highest BCUT2D eigenvalue weighted by molar-refractivity contribution is 5.66. The van der Waals surface area contributed by atoms with Crippen molar-refractivity contribution in [2.75, 3.05) is 6.54 Å². The summed E-state index contributed by atoms with van der Waals surface area (Å²) in [4.78, 5) is 22.3. The second kappa shape index (κ2) is 7.70. The first-order valence-corrected chi connectivity index (χ1v) is 8.56. The van der Waals surface area contributed by atoms with Crippen molar-refractivity contribution in [3.8, 4) is 0 Å². The molecule has 1 N–H and O–H groups in total. The zero-order valence-electron chi connectivity index (χ0n) is 14.3. The van der Waals surface area contributed by atoms with E-state index in [1.165, 1.54) is 12.1 Å². The summed E-state index contributed by atoms with van der Waals surface area (Å²) in [6, 6.07) is 8.54. The first-order valence-electron chi connectivity index (χ1n) is 8.56. The Hall–Kier alpha value is -2.34. The molecular formula is C19H22FN3O2. The maximum Gasteiger partial charge on any atom is 0.303 e. The molecule has 1 atom stereocenters. The second-order valence-electron chi connectivity index (χ2n) is 6.51. The van der Waals surface area contributed by atoms with Crippen molar-refractivity contribution in [1.29, 1.82) is 0 Å². The van der Waals surface area contributed by atoms with Crippen LogP contribution in [0.1, 0.15) is 48.1 Å². The van der Waals surface area contributed by atoms with E-state index in [0.29, 0.717) is 6.42 Å². The smallest absolute Gasteiger partial charge is 0.303 e. The molecule has 1 fully saturated rings. The Bertz CT molecular complexity index is 749. The van der Waals surface area contributed by atoms with Gasteiger partial charge in [-0.1, -0.05) is 12.1 Å². The van der Waals surface area contributed by atoms with Crippen molar-refractivity contribution >= 4 is 5.97 Å². The van der Waals surface area contributed by atoms with Crippen LogP contribution in [0.15, 0.2) is 30.3 Å². The standard InChI is InChI=1S/C19H22FN3O2/c1-13-11-16(8-9-18(24)25)22-19(21-13)17-3-2-10-23(17)12-14-4-6-15(20)7-5-14/h4-7,11,17H,2-3,8-10,12H2,1H3,(H,24,25)/t17-/m0/s1. The number of nitrogens with zero attached hydrogens (tertiary/aromatic N) is 3. The molecule has 25 heavy (non-hydrogen) atoms. The maximum absolute atomic E-state index is 13.1. The first-order chi connectivity index (χ1) is 12.0. The van der Waals surface area contributed by atoms with Crippen molar-refractivity contribution in [1.82, 2.24) is 14.9 Å². The van der Waals surface area contributed by atoms with Crippen LogP contribution >= 0.6 is 0 Å². The molecule has 1 aromatic heterocycles. The number of aryl methyl sites for hydroxylation is 2. The number of hydrogen-bond acceptors (Lipinski definition) is 4. The van der Waals surface area contributed by atoms with E-state index < -0.39 is 5.97 Å². The minimum Gasteiger partial charge on any atom is -0.481 e. The van der Waals surface area contributed by atoms with E-state index in [-0.39, 0.29) is 18.3 Å². The third-order valence-corrected chi connectivity index (χ3v) is 4.48. The molecule has 0 saturated carbocycles. The van der Waals surface area contributed by atoms with E-state index in [1.807, 2.05) is 13.0 Å². The van der Waals surface area contributed by atoms with Crippen LogP contribution in [-0.2, 0) is 17.8 Å². The fraction of sp³-hybridized carbons (Fsp3) is 0.421. The lowest BCUT2D eigenvalue weighted by molar-refractivity contribution is -0.136. The summed E-state index contributed by atoms with van der Waals surface area (Å²) in [6.07, 6.45) is 2.52. The summed E-state index contributed by atoms with van der Waals surface area (Å²) in [5.74, 6) is -0.288. The second-order valence-corrected chi connectivity index (χ2v) is 6.51. The third-order valence-electron chi connectivity index (χ3n) is 4.48. The molecule has 1 aliphatic heterocycles. The molecule has 0 radical (unpaired) electrons. The van der Waals surface area contributed by atoms with Gasteiger partial charge in [-0.05, 0) is 50.1 Å². The average Bonchev–Trinajstić information content (AvgIpc) is 3.03. The number of benzene rings is 1. The molecule has 2 heterocycles. The number of carboxylic acids is 1. The van der Waals surface area contributed by atoms with Gasteiger partial charge in [0.15, 0.2) is 0 Å². The normalized spacial score (nSPS) is 17.8. The summed E-state index contributed by atoms with van der Waals surface area (Å²) >= 11 is 0. The molecule has 0 aliphatic carbocycles. The van der Waals surface area contributed by atoms with Gasteiger partial charge in [-0.2, -0.15) is 0 Å². The number of carbonyl (C=O) groups is 1. The number of likely N-dealkylation sites (tertiary alicyclic amines) is 1. The molecule has 0 bridgehead atoms. The van der Waals surface area contributed by atoms with Crippen LogP contribution in [0.2, 0.25) is 0 Å². The van der Waals surface area contributed by atoms with E-state index in [2.05, 4.69) is 14.9 Å². The topological polar surface area (TPSA) is 66.3 Å². The quantitative estimate of drug-likeness (QED) is 0.872. The highest BCUT2D eigenvalue weighted by Gasteiger charge is 2.28. The zero-order valence-corrected chi connectivity index (χ0v) is 14.3. The lowest BCUT2D eigenvalue weighted by atomic mass is 10.1. The lowest BCUT2D eigenvalue weighted by Crippen LogP contribution is -2.25. The molecule has 0 spiro atoms. The number of carboxylic acid groups (broad SMARTS) is 1. The predicted molar refractivity (Wildman–Crippen MR) is 91.5 cm³/mol. The molecule has 1 saturated heterocycles. The highest BCUT2D eigenvalue weighted by Crippen LogP contribution is 2.31. The number of aromatic nitrogens is 2. The summed E-state index contributed by atoms with van der Waals surface area (Å²) in [5.41, 5.74) is 2.70.